The summed E-state index contributed by atoms with van der Waals surface area (Å²) in [6.45, 7) is 17.6. The zero-order valence-corrected chi connectivity index (χ0v) is 51.6. The molecule has 0 aliphatic carbocycles. The van der Waals surface area contributed by atoms with Crippen LogP contribution in [0.3, 0.4) is 0 Å². The van der Waals surface area contributed by atoms with Crippen LogP contribution in [0.1, 0.15) is 44.5 Å². The maximum Gasteiger partial charge on any atom is 0.165 e. The summed E-state index contributed by atoms with van der Waals surface area (Å²) >= 11 is 0. The highest BCUT2D eigenvalue weighted by atomic mass is 15.2. The summed E-state index contributed by atoms with van der Waals surface area (Å²) < 4.78 is 10.1. The Hall–Kier alpha value is -11.2. The van der Waals surface area contributed by atoms with Gasteiger partial charge in [-0.1, -0.05) is 178 Å². The topological polar surface area (TPSA) is 58.4 Å². The third-order valence-electron chi connectivity index (χ3n) is 18.6. The van der Waals surface area contributed by atoms with Crippen molar-refractivity contribution in [2.75, 3.05) is 0 Å². The second-order valence-electron chi connectivity index (χ2n) is 25.1. The van der Waals surface area contributed by atoms with E-state index in [4.69, 9.17) is 15.0 Å². The largest absolute Gasteiger partial charge is 0.305 e. The number of rotatable bonds is 8. The van der Waals surface area contributed by atoms with Crippen LogP contribution in [-0.2, 0) is 0 Å². The molecule has 430 valence electrons. The average molecular weight is 1160 g/mol. The molecule has 0 saturated carbocycles. The molecule has 6 heterocycles. The molecule has 0 unspecified atom stereocenters. The maximum atomic E-state index is 6.61. The van der Waals surface area contributed by atoms with Crippen molar-refractivity contribution >= 4 is 87.2 Å². The molecule has 6 aromatic heterocycles. The van der Waals surface area contributed by atoms with E-state index in [1.54, 1.807) is 0 Å². The van der Waals surface area contributed by atoms with E-state index in [-0.39, 0.29) is 0 Å². The molecule has 0 amide bonds. The summed E-state index contributed by atoms with van der Waals surface area (Å²) in [5.74, 6) is 2.21. The van der Waals surface area contributed by atoms with E-state index < -0.39 is 0 Å². The van der Waals surface area contributed by atoms with Crippen molar-refractivity contribution in [2.45, 2.75) is 55.4 Å². The van der Waals surface area contributed by atoms with E-state index in [1.807, 2.05) is 0 Å². The Bertz CT molecular complexity index is 5300. The highest BCUT2D eigenvalue weighted by molar-refractivity contribution is 6.17. The van der Waals surface area contributed by atoms with Crippen LogP contribution in [0.4, 0.5) is 0 Å². The number of aromatic nitrogens is 7. The van der Waals surface area contributed by atoms with Crippen LogP contribution in [0.5, 0.6) is 0 Å². The zero-order chi connectivity index (χ0) is 60.8. The first-order valence-electron chi connectivity index (χ1n) is 31.2. The van der Waals surface area contributed by atoms with Crippen molar-refractivity contribution in [1.29, 1.82) is 0 Å². The van der Waals surface area contributed by atoms with Gasteiger partial charge in [-0.3, -0.25) is 9.13 Å². The lowest BCUT2D eigenvalue weighted by Gasteiger charge is -2.27. The predicted molar refractivity (Wildman–Crippen MR) is 377 cm³/mol. The van der Waals surface area contributed by atoms with Gasteiger partial charge in [0.2, 0.25) is 0 Å². The van der Waals surface area contributed by atoms with Crippen LogP contribution < -0.4 is 0 Å². The molecular formula is C83H63N7. The van der Waals surface area contributed by atoms with Crippen LogP contribution >= 0.6 is 0 Å². The van der Waals surface area contributed by atoms with Gasteiger partial charge in [0.1, 0.15) is 11.4 Å². The second kappa shape index (κ2) is 20.2. The number of aryl methyl sites for hydroxylation is 8. The molecule has 11 aromatic carbocycles. The molecule has 0 aliphatic heterocycles. The number of pyridine rings is 1. The molecule has 90 heavy (non-hydrogen) atoms. The first kappa shape index (κ1) is 53.1. The first-order valence-corrected chi connectivity index (χ1v) is 31.2. The molecule has 0 spiro atoms. The summed E-state index contributed by atoms with van der Waals surface area (Å²) in [7, 11) is 0. The van der Waals surface area contributed by atoms with E-state index >= 15 is 0 Å². The molecule has 17 aromatic rings. The third kappa shape index (κ3) is 8.23. The SMILES string of the molecule is Cc1ccc2c(c1)c1cc(C)ccc1n2-c1nc(-n2c3ccc(C)cc3c3cc(C)ccc32)c(-n2c3ccc(C)cc3c3cc(C)ccc32)c(-c2ccccc2-c2cc(-c3ccccc3)nc(-c3ccccc3)n2)c1-n1c2ccc(C)cc2c2cc(C)ccc21. The molecule has 0 aliphatic rings. The van der Waals surface area contributed by atoms with Crippen molar-refractivity contribution < 1.29 is 0 Å². The Morgan fingerprint density at radius 1 is 0.233 bits per heavy atom. The Kier molecular flexibility index (Phi) is 11.9. The van der Waals surface area contributed by atoms with Crippen LogP contribution in [0, 0.1) is 55.4 Å². The predicted octanol–water partition coefficient (Wildman–Crippen LogP) is 21.4. The Labute approximate surface area is 522 Å². The van der Waals surface area contributed by atoms with Gasteiger partial charge in [0, 0.05) is 65.3 Å². The van der Waals surface area contributed by atoms with Crippen LogP contribution in [-0.4, -0.2) is 33.2 Å². The van der Waals surface area contributed by atoms with Gasteiger partial charge in [0.05, 0.1) is 55.5 Å². The molecule has 0 N–H and O–H groups in total. The number of benzene rings is 11. The van der Waals surface area contributed by atoms with Gasteiger partial charge in [0.25, 0.3) is 0 Å². The van der Waals surface area contributed by atoms with Crippen LogP contribution in [0.15, 0.2) is 237 Å². The molecular weight excluding hydrogens is 1090 g/mol. The van der Waals surface area contributed by atoms with Crippen LogP contribution in [0.2, 0.25) is 0 Å². The summed E-state index contributed by atoms with van der Waals surface area (Å²) in [4.78, 5) is 17.7. The van der Waals surface area contributed by atoms with Gasteiger partial charge in [-0.25, -0.2) is 15.0 Å². The first-order chi connectivity index (χ1) is 43.9. The Morgan fingerprint density at radius 3 is 0.844 bits per heavy atom. The minimum Gasteiger partial charge on any atom is -0.305 e. The van der Waals surface area contributed by atoms with Gasteiger partial charge in [-0.2, -0.15) is 0 Å². The highest BCUT2D eigenvalue weighted by Gasteiger charge is 2.34. The number of hydrogen-bond acceptors (Lipinski definition) is 3. The normalized spacial score (nSPS) is 12.0. The lowest BCUT2D eigenvalue weighted by Crippen LogP contribution is -2.16. The fourth-order valence-corrected chi connectivity index (χ4v) is 14.5. The lowest BCUT2D eigenvalue weighted by atomic mass is 9.93. The molecule has 0 fully saturated rings. The smallest absolute Gasteiger partial charge is 0.165 e. The number of hydrogen-bond donors (Lipinski definition) is 0. The van der Waals surface area contributed by atoms with Crippen molar-refractivity contribution in [3.05, 3.63) is 281 Å². The maximum absolute atomic E-state index is 6.61. The summed E-state index contributed by atoms with van der Waals surface area (Å²) in [5, 5.41) is 9.36. The van der Waals surface area contributed by atoms with Crippen molar-refractivity contribution in [3.8, 4) is 68.0 Å². The number of nitrogens with zero attached hydrogens (tertiary/aromatic N) is 7. The molecule has 0 atom stereocenters. The van der Waals surface area contributed by atoms with Crippen LogP contribution in [0.25, 0.3) is 155 Å². The quantitative estimate of drug-likeness (QED) is 0.152. The highest BCUT2D eigenvalue weighted by Crippen LogP contribution is 2.51. The third-order valence-corrected chi connectivity index (χ3v) is 18.6. The summed E-state index contributed by atoms with van der Waals surface area (Å²) in [6, 6.07) is 87.6. The van der Waals surface area contributed by atoms with Crippen molar-refractivity contribution in [2.24, 2.45) is 0 Å². The van der Waals surface area contributed by atoms with E-state index in [0.29, 0.717) is 5.82 Å². The molecule has 0 saturated heterocycles. The molecule has 7 heteroatoms. The monoisotopic (exact) mass is 1160 g/mol. The van der Waals surface area contributed by atoms with E-state index in [1.165, 1.54) is 87.6 Å². The van der Waals surface area contributed by atoms with Gasteiger partial charge < -0.3 is 9.13 Å². The minimum absolute atomic E-state index is 0.645. The molecule has 17 rings (SSSR count). The van der Waals surface area contributed by atoms with E-state index in [0.717, 1.165) is 106 Å². The molecule has 0 radical (unpaired) electrons. The lowest BCUT2D eigenvalue weighted by molar-refractivity contribution is 0.960. The fraction of sp³-hybridized carbons (Fsp3) is 0.0964. The summed E-state index contributed by atoms with van der Waals surface area (Å²) in [5.41, 5.74) is 26.4. The van der Waals surface area contributed by atoms with Gasteiger partial charge in [-0.15, -0.1) is 0 Å². The molecule has 0 bridgehead atoms. The van der Waals surface area contributed by atoms with Crippen molar-refractivity contribution in [1.82, 2.24) is 33.2 Å². The standard InChI is InChI=1S/C83H63N7/c1-48-23-31-70-60(39-48)61-40-49(2)24-32-71(61)87(70)79-78(59-22-16-15-21-58(59)69-47-68(56-17-11-9-12-18-56)84-81(85-69)57-19-13-10-14-20-57)80(88-72-33-25-50(3)41-62(72)63-42-51(4)26-34-73(63)88)83(90-76-37-29-54(7)45-66(76)67-46-55(8)30-38-77(67)90)86-82(79)89-74-35-27-52(5)43-64(74)65-44-53(6)28-36-75(65)89/h9-47H,1-8H3. The average Bonchev–Trinajstić information content (AvgIpc) is 1.45. The number of fused-ring (bicyclic) bond motifs is 12. The van der Waals surface area contributed by atoms with E-state index in [9.17, 15) is 0 Å². The van der Waals surface area contributed by atoms with E-state index in [2.05, 4.69) is 310 Å². The molecule has 7 nitrogen and oxygen atoms in total. The minimum atomic E-state index is 0.645. The van der Waals surface area contributed by atoms with Gasteiger partial charge in [0.15, 0.2) is 17.5 Å². The fourth-order valence-electron chi connectivity index (χ4n) is 14.5. The van der Waals surface area contributed by atoms with Gasteiger partial charge in [-0.05, 0) is 164 Å². The second-order valence-corrected chi connectivity index (χ2v) is 25.1. The Balaban J connectivity index is 1.19. The Morgan fingerprint density at radius 2 is 0.511 bits per heavy atom. The summed E-state index contributed by atoms with van der Waals surface area (Å²) in [6.07, 6.45) is 0. The zero-order valence-electron chi connectivity index (χ0n) is 51.6. The van der Waals surface area contributed by atoms with Gasteiger partial charge >= 0.3 is 0 Å². The van der Waals surface area contributed by atoms with Crippen molar-refractivity contribution in [3.63, 3.8) is 0 Å².